The second-order valence-electron chi connectivity index (χ2n) is 20.3. The summed E-state index contributed by atoms with van der Waals surface area (Å²) in [5.74, 6) is -2.67. The number of amides is 2. The lowest BCUT2D eigenvalue weighted by Gasteiger charge is -2.60. The highest BCUT2D eigenvalue weighted by Crippen LogP contribution is 2.62. The molecule has 3 N–H and O–H groups in total. The van der Waals surface area contributed by atoms with Crippen molar-refractivity contribution in [3.05, 3.63) is 155 Å². The quantitative estimate of drug-likeness (QED) is 0.0262. The number of aliphatic hydroxyl groups excluding tert-OH is 2. The molecule has 13 heteroatoms. The first-order valence-corrected chi connectivity index (χ1v) is 27.5. The van der Waals surface area contributed by atoms with Gasteiger partial charge in [-0.05, 0) is 115 Å². The van der Waals surface area contributed by atoms with E-state index in [1.165, 1.54) is 57.1 Å². The first-order chi connectivity index (χ1) is 36.7. The van der Waals surface area contributed by atoms with Crippen molar-refractivity contribution in [3.63, 3.8) is 0 Å². The number of ether oxygens (including phenoxy) is 3. The Morgan fingerprint density at radius 2 is 1.56 bits per heavy atom. The molecule has 2 aliphatic carbocycles. The minimum Gasteiger partial charge on any atom is -0.459 e. The standard InChI is InChI=1S/C62H77FN4O8/c1-3-5-6-7-8-9-10-11-12-18-35-65-61(71)74-51-33-34-56-54(40-51)58-52(24-17-20-37-69)49(23-16-19-36-68)39-53-55(66-73-44-47-21-14-13-15-22-47)41-57(62(75-56,59(53)58)72-38-4-2)67(43-46-27-31-50(63)32-28-46)60(70)48-29-25-45(42-64)26-30-48/h4,13-15,21-22,25-34,39-40,49,52,57-59,68-69H,2-3,5-12,16-20,23-24,35-38,41,43-44H2,1H3,(H,65,71)/t49-,52+,57-,58+,59+,62+/m0/s1. The van der Waals surface area contributed by atoms with Crippen LogP contribution >= 0.6 is 0 Å². The molecular weight excluding hydrogens is 948 g/mol. The number of allylic oxidation sites excluding steroid dienone is 1. The predicted octanol–water partition coefficient (Wildman–Crippen LogP) is 12.9. The van der Waals surface area contributed by atoms with Crippen LogP contribution in [0.5, 0.6) is 11.5 Å². The van der Waals surface area contributed by atoms with Crippen molar-refractivity contribution in [3.8, 4) is 17.6 Å². The summed E-state index contributed by atoms with van der Waals surface area (Å²) < 4.78 is 35.2. The maximum atomic E-state index is 15.4. The number of nitriles is 1. The zero-order valence-electron chi connectivity index (χ0n) is 43.8. The van der Waals surface area contributed by atoms with Gasteiger partial charge < -0.3 is 39.5 Å². The molecule has 75 heavy (non-hydrogen) atoms. The van der Waals surface area contributed by atoms with Gasteiger partial charge in [0.15, 0.2) is 0 Å². The number of carbonyl (C=O) groups excluding carboxylic acids is 2. The Morgan fingerprint density at radius 1 is 0.867 bits per heavy atom. The van der Waals surface area contributed by atoms with Crippen molar-refractivity contribution >= 4 is 17.7 Å². The van der Waals surface area contributed by atoms with Crippen LogP contribution in [0, 0.1) is 34.9 Å². The highest BCUT2D eigenvalue weighted by molar-refractivity contribution is 6.03. The van der Waals surface area contributed by atoms with E-state index < -0.39 is 29.7 Å². The summed E-state index contributed by atoms with van der Waals surface area (Å²) in [7, 11) is 0. The van der Waals surface area contributed by atoms with Crippen LogP contribution in [-0.4, -0.2) is 71.0 Å². The molecule has 400 valence electrons. The fourth-order valence-electron chi connectivity index (χ4n) is 11.4. The number of hydrogen-bond acceptors (Lipinski definition) is 10. The molecule has 1 aliphatic heterocycles. The number of halogens is 1. The summed E-state index contributed by atoms with van der Waals surface area (Å²) in [6, 6.07) is 28.9. The largest absolute Gasteiger partial charge is 0.459 e. The minimum atomic E-state index is -1.60. The third-order valence-electron chi connectivity index (χ3n) is 15.1. The number of nitrogens with zero attached hydrogens (tertiary/aromatic N) is 3. The summed E-state index contributed by atoms with van der Waals surface area (Å²) in [5, 5.41) is 37.8. The number of fused-ring (bicyclic) bond motifs is 2. The Kier molecular flexibility index (Phi) is 21.9. The second kappa shape index (κ2) is 29.1. The van der Waals surface area contributed by atoms with Gasteiger partial charge in [0.05, 0.1) is 29.9 Å². The number of benzene rings is 4. The third-order valence-corrected chi connectivity index (χ3v) is 15.1. The molecular formula is C62H77FN4O8. The number of aliphatic hydroxyl groups is 2. The Bertz CT molecular complexity index is 2550. The lowest BCUT2D eigenvalue weighted by Crippen LogP contribution is -2.70. The van der Waals surface area contributed by atoms with E-state index in [0.717, 1.165) is 55.2 Å². The van der Waals surface area contributed by atoms with Gasteiger partial charge in [0.1, 0.15) is 30.0 Å². The molecule has 4 aromatic carbocycles. The van der Waals surface area contributed by atoms with E-state index in [9.17, 15) is 24.7 Å². The molecule has 1 fully saturated rings. The molecule has 1 saturated carbocycles. The molecule has 0 saturated heterocycles. The summed E-state index contributed by atoms with van der Waals surface area (Å²) in [6.07, 6.45) is 19.6. The molecule has 0 aromatic heterocycles. The number of oxime groups is 1. The van der Waals surface area contributed by atoms with E-state index in [2.05, 4.69) is 31.0 Å². The van der Waals surface area contributed by atoms with Gasteiger partial charge >= 0.3 is 6.09 Å². The molecule has 7 rings (SSSR count). The number of rotatable bonds is 30. The van der Waals surface area contributed by atoms with Crippen LogP contribution in [0.3, 0.4) is 0 Å². The van der Waals surface area contributed by atoms with Gasteiger partial charge in [0, 0.05) is 49.8 Å². The zero-order chi connectivity index (χ0) is 52.8. The van der Waals surface area contributed by atoms with Gasteiger partial charge in [-0.15, -0.1) is 6.58 Å². The predicted molar refractivity (Wildman–Crippen MR) is 289 cm³/mol. The molecule has 6 atom stereocenters. The Hall–Kier alpha value is -6.33. The fourth-order valence-corrected chi connectivity index (χ4v) is 11.4. The van der Waals surface area contributed by atoms with E-state index >= 15 is 4.79 Å². The number of unbranched alkanes of at least 4 members (excludes halogenated alkanes) is 11. The van der Waals surface area contributed by atoms with Gasteiger partial charge in [-0.3, -0.25) is 4.79 Å². The fraction of sp³-hybridized carbons (Fsp3) is 0.484. The van der Waals surface area contributed by atoms with Crippen LogP contribution in [0.25, 0.3) is 0 Å². The molecule has 12 nitrogen and oxygen atoms in total. The van der Waals surface area contributed by atoms with Crippen LogP contribution in [0.2, 0.25) is 0 Å². The third kappa shape index (κ3) is 15.0. The van der Waals surface area contributed by atoms with Crippen LogP contribution in [0.1, 0.15) is 155 Å². The van der Waals surface area contributed by atoms with Crippen molar-refractivity contribution in [1.29, 1.82) is 5.26 Å². The lowest BCUT2D eigenvalue weighted by molar-refractivity contribution is -0.255. The molecule has 2 amide bonds. The van der Waals surface area contributed by atoms with Gasteiger partial charge in [0.2, 0.25) is 5.79 Å². The summed E-state index contributed by atoms with van der Waals surface area (Å²) in [4.78, 5) is 36.9. The van der Waals surface area contributed by atoms with Gasteiger partial charge in [0.25, 0.3) is 5.91 Å². The number of hydrogen-bond donors (Lipinski definition) is 3. The van der Waals surface area contributed by atoms with Crippen molar-refractivity contribution in [2.24, 2.45) is 22.9 Å². The molecule has 0 bridgehead atoms. The zero-order valence-corrected chi connectivity index (χ0v) is 43.8. The normalized spacial score (nSPS) is 20.9. The molecule has 0 radical (unpaired) electrons. The Morgan fingerprint density at radius 3 is 2.24 bits per heavy atom. The summed E-state index contributed by atoms with van der Waals surface area (Å²) in [6.45, 7) is 7.13. The van der Waals surface area contributed by atoms with E-state index in [1.54, 1.807) is 53.4 Å². The van der Waals surface area contributed by atoms with E-state index in [1.807, 2.05) is 42.5 Å². The van der Waals surface area contributed by atoms with Crippen LogP contribution in [-0.2, 0) is 22.7 Å². The van der Waals surface area contributed by atoms with Crippen LogP contribution in [0.15, 0.2) is 127 Å². The van der Waals surface area contributed by atoms with E-state index in [0.29, 0.717) is 59.7 Å². The average molecular weight is 1030 g/mol. The van der Waals surface area contributed by atoms with Gasteiger partial charge in [-0.25, -0.2) is 9.18 Å². The monoisotopic (exact) mass is 1020 g/mol. The number of carbonyl (C=O) groups is 2. The van der Waals surface area contributed by atoms with E-state index in [-0.39, 0.29) is 63.1 Å². The van der Waals surface area contributed by atoms with Crippen molar-refractivity contribution in [2.75, 3.05) is 26.4 Å². The first-order valence-electron chi connectivity index (χ1n) is 27.5. The van der Waals surface area contributed by atoms with Gasteiger partial charge in [-0.2, -0.15) is 5.26 Å². The molecule has 4 aromatic rings. The summed E-state index contributed by atoms with van der Waals surface area (Å²) >= 11 is 0. The topological polar surface area (TPSA) is 163 Å². The molecule has 3 aliphatic rings. The summed E-state index contributed by atoms with van der Waals surface area (Å²) in [5.41, 5.74) is 4.56. The van der Waals surface area contributed by atoms with E-state index in [4.69, 9.17) is 24.2 Å². The maximum Gasteiger partial charge on any atom is 0.412 e. The smallest absolute Gasteiger partial charge is 0.412 e. The Balaban J connectivity index is 1.32. The number of nitrogens with one attached hydrogen (secondary N) is 1. The highest BCUT2D eigenvalue weighted by atomic mass is 19.1. The van der Waals surface area contributed by atoms with Crippen molar-refractivity contribution < 1.29 is 43.2 Å². The first kappa shape index (κ1) is 56.4. The van der Waals surface area contributed by atoms with Crippen LogP contribution in [0.4, 0.5) is 9.18 Å². The van der Waals surface area contributed by atoms with Gasteiger partial charge in [-0.1, -0.05) is 137 Å². The lowest BCUT2D eigenvalue weighted by atomic mass is 9.55. The Labute approximate surface area is 443 Å². The minimum absolute atomic E-state index is 0.0263. The van der Waals surface area contributed by atoms with Crippen LogP contribution < -0.4 is 14.8 Å². The van der Waals surface area contributed by atoms with Crippen molar-refractivity contribution in [1.82, 2.24) is 10.2 Å². The molecule has 1 heterocycles. The molecule has 0 unspecified atom stereocenters. The SMILES string of the molecule is C=CCO[C@@]12Oc3ccc(OC(=O)NCCCCCCCCCCCC)cc3[C@H]3[C@H](CCCCO)[C@@H](CCCCO)C=C(C(=NOCc4ccccc4)C[C@@H]1N(Cc1ccc(F)cc1)C(=O)c1ccc(C#N)cc1)[C@H]32. The second-order valence-corrected chi connectivity index (χ2v) is 20.3. The van der Waals surface area contributed by atoms with Crippen molar-refractivity contribution in [2.45, 2.75) is 147 Å². The maximum absolute atomic E-state index is 15.4. The average Bonchev–Trinajstić information content (AvgIpc) is 3.44. The molecule has 0 spiro atoms. The highest BCUT2D eigenvalue weighted by Gasteiger charge is 2.65.